The van der Waals surface area contributed by atoms with Crippen LogP contribution in [-0.2, 0) is 22.4 Å². The topological polar surface area (TPSA) is 66.5 Å². The number of anilines is 2. The quantitative estimate of drug-likeness (QED) is 0.556. The number of nitrogens with zero attached hydrogens (tertiary/aromatic N) is 1. The van der Waals surface area contributed by atoms with Gasteiger partial charge in [-0.05, 0) is 55.9 Å². The van der Waals surface area contributed by atoms with E-state index in [9.17, 15) is 14.4 Å². The highest BCUT2D eigenvalue weighted by molar-refractivity contribution is 6.25. The molecule has 0 aromatic heterocycles. The van der Waals surface area contributed by atoms with Gasteiger partial charge in [-0.2, -0.15) is 0 Å². The summed E-state index contributed by atoms with van der Waals surface area (Å²) in [6.07, 6.45) is 4.82. The molecule has 2 atom stereocenters. The number of carbonyl (C=O) groups excluding carboxylic acids is 3. The van der Waals surface area contributed by atoms with Crippen molar-refractivity contribution in [3.63, 3.8) is 0 Å². The number of nitrogens with one attached hydrogen (secondary N) is 1. The smallest absolute Gasteiger partial charge is 0.257 e. The van der Waals surface area contributed by atoms with E-state index in [0.717, 1.165) is 35.2 Å². The molecule has 1 fully saturated rings. The fourth-order valence-electron chi connectivity index (χ4n) is 4.72. The summed E-state index contributed by atoms with van der Waals surface area (Å²) in [6.45, 7) is 6.10. The Kier molecular flexibility index (Phi) is 5.77. The Balaban J connectivity index is 1.69. The summed E-state index contributed by atoms with van der Waals surface area (Å²) in [5.41, 5.74) is 4.78. The van der Waals surface area contributed by atoms with Crippen LogP contribution >= 0.6 is 0 Å². The van der Waals surface area contributed by atoms with Crippen LogP contribution in [0.5, 0.6) is 0 Å². The van der Waals surface area contributed by atoms with Crippen LogP contribution in [0.1, 0.15) is 55.1 Å². The number of hydrogen-bond donors (Lipinski definition) is 1. The minimum atomic E-state index is -0.333. The third-order valence-corrected chi connectivity index (χ3v) is 6.45. The van der Waals surface area contributed by atoms with Gasteiger partial charge in [0.15, 0.2) is 0 Å². The van der Waals surface area contributed by atoms with Crippen molar-refractivity contribution in [2.45, 2.75) is 46.5 Å². The first kappa shape index (κ1) is 21.0. The predicted molar refractivity (Wildman–Crippen MR) is 122 cm³/mol. The molecule has 0 radical (unpaired) electrons. The molecule has 4 rings (SSSR count). The molecule has 1 saturated heterocycles. The van der Waals surface area contributed by atoms with Gasteiger partial charge in [-0.15, -0.1) is 0 Å². The molecule has 0 unspecified atom stereocenters. The molecule has 1 aliphatic carbocycles. The van der Waals surface area contributed by atoms with Gasteiger partial charge >= 0.3 is 0 Å². The molecule has 5 heteroatoms. The highest BCUT2D eigenvalue weighted by Gasteiger charge is 2.49. The van der Waals surface area contributed by atoms with E-state index in [4.69, 9.17) is 0 Å². The zero-order valence-corrected chi connectivity index (χ0v) is 18.3. The second-order valence-corrected chi connectivity index (χ2v) is 8.34. The Labute approximate surface area is 183 Å². The van der Waals surface area contributed by atoms with Crippen molar-refractivity contribution < 1.29 is 14.4 Å². The van der Waals surface area contributed by atoms with E-state index < -0.39 is 0 Å². The molecule has 31 heavy (non-hydrogen) atoms. The van der Waals surface area contributed by atoms with Gasteiger partial charge < -0.3 is 5.32 Å². The van der Waals surface area contributed by atoms with Crippen molar-refractivity contribution in [2.24, 2.45) is 11.8 Å². The largest absolute Gasteiger partial charge is 0.321 e. The first-order valence-corrected chi connectivity index (χ1v) is 11.0. The molecule has 1 aliphatic heterocycles. The number of benzene rings is 2. The van der Waals surface area contributed by atoms with E-state index >= 15 is 0 Å². The van der Waals surface area contributed by atoms with Crippen LogP contribution in [0.2, 0.25) is 0 Å². The average molecular weight is 417 g/mol. The first-order valence-electron chi connectivity index (χ1n) is 11.0. The van der Waals surface area contributed by atoms with Crippen LogP contribution in [0.4, 0.5) is 11.4 Å². The first-order chi connectivity index (χ1) is 15.0. The maximum atomic E-state index is 13.3. The monoisotopic (exact) mass is 416 g/mol. The Hall–Kier alpha value is -3.21. The van der Waals surface area contributed by atoms with Crippen LogP contribution in [0.25, 0.3) is 0 Å². The number of aryl methyl sites for hydroxylation is 2. The van der Waals surface area contributed by atoms with Crippen LogP contribution in [0.15, 0.2) is 54.1 Å². The van der Waals surface area contributed by atoms with E-state index in [1.165, 1.54) is 4.90 Å². The van der Waals surface area contributed by atoms with Crippen molar-refractivity contribution in [1.29, 1.82) is 0 Å². The Morgan fingerprint density at radius 3 is 2.29 bits per heavy atom. The summed E-state index contributed by atoms with van der Waals surface area (Å²) < 4.78 is 0. The Morgan fingerprint density at radius 2 is 1.61 bits per heavy atom. The van der Waals surface area contributed by atoms with Crippen molar-refractivity contribution in [2.75, 3.05) is 10.2 Å². The number of rotatable bonds is 5. The lowest BCUT2D eigenvalue weighted by molar-refractivity contribution is -0.122. The summed E-state index contributed by atoms with van der Waals surface area (Å²) >= 11 is 0. The third kappa shape index (κ3) is 3.69. The number of amides is 3. The molecule has 160 valence electrons. The van der Waals surface area contributed by atoms with Gasteiger partial charge in [0.05, 0.1) is 23.1 Å². The lowest BCUT2D eigenvalue weighted by Gasteiger charge is -2.20. The highest BCUT2D eigenvalue weighted by Crippen LogP contribution is 2.40. The Bertz CT molecular complexity index is 1060. The SMILES string of the molecule is CCc1cccc(CC)c1NC(=O)c1ccccc1N1C(=O)[C@H]2CC(C)=CC[C@H]2C1=O. The lowest BCUT2D eigenvalue weighted by atomic mass is 9.82. The van der Waals surface area contributed by atoms with Crippen molar-refractivity contribution in [3.8, 4) is 0 Å². The lowest BCUT2D eigenvalue weighted by Crippen LogP contribution is -2.33. The summed E-state index contributed by atoms with van der Waals surface area (Å²) in [5.74, 6) is -1.38. The number of imide groups is 1. The van der Waals surface area contributed by atoms with Crippen molar-refractivity contribution in [1.82, 2.24) is 0 Å². The molecule has 0 saturated carbocycles. The maximum Gasteiger partial charge on any atom is 0.257 e. The van der Waals surface area contributed by atoms with Crippen LogP contribution in [-0.4, -0.2) is 17.7 Å². The van der Waals surface area contributed by atoms with Gasteiger partial charge in [-0.25, -0.2) is 4.90 Å². The molecule has 5 nitrogen and oxygen atoms in total. The van der Waals surface area contributed by atoms with Gasteiger partial charge in [0.25, 0.3) is 5.91 Å². The minimum absolute atomic E-state index is 0.203. The summed E-state index contributed by atoms with van der Waals surface area (Å²) in [5, 5.41) is 3.06. The predicted octanol–water partition coefficient (Wildman–Crippen LogP) is 4.91. The molecule has 1 N–H and O–H groups in total. The number of carbonyl (C=O) groups is 3. The van der Waals surface area contributed by atoms with Gasteiger partial charge in [0, 0.05) is 5.69 Å². The summed E-state index contributed by atoms with van der Waals surface area (Å²) in [4.78, 5) is 40.9. The number of hydrogen-bond acceptors (Lipinski definition) is 3. The normalized spacial score (nSPS) is 20.5. The molecule has 3 amide bonds. The van der Waals surface area contributed by atoms with Gasteiger partial charge in [0.2, 0.25) is 11.8 Å². The second-order valence-electron chi connectivity index (χ2n) is 8.34. The molecule has 1 heterocycles. The molecular formula is C26H28N2O3. The van der Waals surface area contributed by atoms with Crippen molar-refractivity contribution in [3.05, 3.63) is 70.8 Å². The number of allylic oxidation sites excluding steroid dienone is 2. The zero-order valence-electron chi connectivity index (χ0n) is 18.3. The van der Waals surface area contributed by atoms with Crippen molar-refractivity contribution >= 4 is 29.1 Å². The zero-order chi connectivity index (χ0) is 22.1. The van der Waals surface area contributed by atoms with Crippen LogP contribution in [0.3, 0.4) is 0 Å². The van der Waals surface area contributed by atoms with Gasteiger partial charge in [-0.1, -0.05) is 55.8 Å². The molecule has 2 aliphatic rings. The maximum absolute atomic E-state index is 13.3. The van der Waals surface area contributed by atoms with E-state index in [-0.39, 0.29) is 29.6 Å². The van der Waals surface area contributed by atoms with Gasteiger partial charge in [-0.3, -0.25) is 14.4 Å². The van der Waals surface area contributed by atoms with E-state index in [0.29, 0.717) is 24.1 Å². The van der Waals surface area contributed by atoms with E-state index in [1.807, 2.05) is 31.2 Å². The van der Waals surface area contributed by atoms with Crippen LogP contribution < -0.4 is 10.2 Å². The fraction of sp³-hybridized carbons (Fsp3) is 0.346. The van der Waals surface area contributed by atoms with Gasteiger partial charge in [0.1, 0.15) is 0 Å². The highest BCUT2D eigenvalue weighted by atomic mass is 16.2. The second kappa shape index (κ2) is 8.50. The molecule has 0 bridgehead atoms. The number of fused-ring (bicyclic) bond motifs is 1. The summed E-state index contributed by atoms with van der Waals surface area (Å²) in [6, 6.07) is 12.9. The number of para-hydroxylation sites is 2. The third-order valence-electron chi connectivity index (χ3n) is 6.45. The molecular weight excluding hydrogens is 388 g/mol. The Morgan fingerprint density at radius 1 is 0.968 bits per heavy atom. The van der Waals surface area contributed by atoms with E-state index in [2.05, 4.69) is 19.2 Å². The molecule has 2 aromatic carbocycles. The minimum Gasteiger partial charge on any atom is -0.321 e. The van der Waals surface area contributed by atoms with Crippen LogP contribution in [0, 0.1) is 11.8 Å². The fourth-order valence-corrected chi connectivity index (χ4v) is 4.72. The summed E-state index contributed by atoms with van der Waals surface area (Å²) in [7, 11) is 0. The molecule has 2 aromatic rings. The molecule has 0 spiro atoms. The average Bonchev–Trinajstić information content (AvgIpc) is 3.03. The standard InChI is InChI=1S/C26H28N2O3/c1-4-17-9-8-10-18(5-2)23(17)27-24(29)20-11-6-7-12-22(20)28-25(30)19-14-13-16(3)15-21(19)26(28)31/h6-13,19,21H,4-5,14-15H2,1-3H3,(H,27,29)/t19-,21+/m1/s1. The van der Waals surface area contributed by atoms with E-state index in [1.54, 1.807) is 24.3 Å².